The molecule has 0 bridgehead atoms. The zero-order valence-electron chi connectivity index (χ0n) is 13.0. The average Bonchev–Trinajstić information content (AvgIpc) is 3.09. The number of hydrogen-bond donors (Lipinski definition) is 1. The Kier molecular flexibility index (Phi) is 6.06. The van der Waals surface area contributed by atoms with Crippen LogP contribution in [0.15, 0.2) is 84.8 Å². The second kappa shape index (κ2) is 8.24. The molecule has 124 valence electrons. The molecule has 0 amide bonds. The van der Waals surface area contributed by atoms with E-state index in [-0.39, 0.29) is 4.90 Å². The van der Waals surface area contributed by atoms with E-state index in [2.05, 4.69) is 40.4 Å². The van der Waals surface area contributed by atoms with Crippen LogP contribution in [-0.2, 0) is 16.7 Å². The van der Waals surface area contributed by atoms with Crippen molar-refractivity contribution in [3.63, 3.8) is 0 Å². The maximum absolute atomic E-state index is 10.5. The van der Waals surface area contributed by atoms with Gasteiger partial charge in [0.2, 0.25) is 6.33 Å². The largest absolute Gasteiger partial charge is 0.744 e. The van der Waals surface area contributed by atoms with E-state index in [1.807, 2.05) is 24.8 Å². The molecular weight excluding hydrogens is 324 g/mol. The molecule has 0 radical (unpaired) electrons. The van der Waals surface area contributed by atoms with Crippen molar-refractivity contribution in [1.29, 1.82) is 0 Å². The molecule has 0 spiro atoms. The van der Waals surface area contributed by atoms with Crippen molar-refractivity contribution in [3.8, 4) is 0 Å². The van der Waals surface area contributed by atoms with Crippen LogP contribution in [0.2, 0.25) is 0 Å². The fourth-order valence-electron chi connectivity index (χ4n) is 1.98. The predicted octanol–water partition coefficient (Wildman–Crippen LogP) is 2.58. The second-order valence-electron chi connectivity index (χ2n) is 5.00. The van der Waals surface area contributed by atoms with Crippen LogP contribution < -0.4 is 4.57 Å². The van der Waals surface area contributed by atoms with Crippen molar-refractivity contribution in [2.24, 2.45) is 0 Å². The third kappa shape index (κ3) is 5.49. The van der Waals surface area contributed by atoms with E-state index in [1.165, 1.54) is 29.8 Å². The van der Waals surface area contributed by atoms with Crippen LogP contribution in [0.25, 0.3) is 6.08 Å². The molecular formula is C18H18N2O3S. The maximum Gasteiger partial charge on any atom is 0.241 e. The first kappa shape index (κ1) is 17.7. The lowest BCUT2D eigenvalue weighted by Gasteiger charge is -2.05. The summed E-state index contributed by atoms with van der Waals surface area (Å²) in [4.78, 5) is 2.80. The Morgan fingerprint density at radius 2 is 1.75 bits per heavy atom. The topological polar surface area (TPSA) is 76.9 Å². The van der Waals surface area contributed by atoms with E-state index in [0.29, 0.717) is 0 Å². The molecule has 0 unspecified atom stereocenters. The number of aromatic nitrogens is 2. The number of hydrogen-bond acceptors (Lipinski definition) is 3. The Balaban J connectivity index is 0.000000174. The van der Waals surface area contributed by atoms with E-state index in [0.717, 1.165) is 12.1 Å². The molecule has 0 fully saturated rings. The standard InChI is InChI=1S/C10H10N2.C8H8O3S/c1-2-4-10(5-3-1)8-12-7-6-11-9-12;1-2-7-3-5-8(6-4-7)12(9,10)11/h1-7,9H,8H2;2-6H,1H2,(H,9,10,11). The van der Waals surface area contributed by atoms with Gasteiger partial charge in [-0.15, -0.1) is 0 Å². The van der Waals surface area contributed by atoms with E-state index < -0.39 is 10.1 Å². The van der Waals surface area contributed by atoms with E-state index >= 15 is 0 Å². The minimum absolute atomic E-state index is 0.215. The predicted molar refractivity (Wildman–Crippen MR) is 91.0 cm³/mol. The lowest BCUT2D eigenvalue weighted by atomic mass is 10.2. The number of nitrogens with zero attached hydrogens (tertiary/aromatic N) is 1. The zero-order chi connectivity index (χ0) is 17.4. The Labute approximate surface area is 141 Å². The molecule has 5 nitrogen and oxygen atoms in total. The fraction of sp³-hybridized carbons (Fsp3) is 0.0556. The molecule has 1 N–H and O–H groups in total. The van der Waals surface area contributed by atoms with Gasteiger partial charge in [0.1, 0.15) is 29.1 Å². The third-order valence-corrected chi connectivity index (χ3v) is 4.06. The monoisotopic (exact) mass is 342 g/mol. The normalized spacial score (nSPS) is 10.5. The Morgan fingerprint density at radius 3 is 2.25 bits per heavy atom. The molecule has 1 heterocycles. The molecule has 6 heteroatoms. The van der Waals surface area contributed by atoms with E-state index in [1.54, 1.807) is 6.08 Å². The van der Waals surface area contributed by atoms with Crippen molar-refractivity contribution < 1.29 is 17.5 Å². The molecule has 0 aliphatic carbocycles. The third-order valence-electron chi connectivity index (χ3n) is 3.22. The average molecular weight is 342 g/mol. The molecule has 24 heavy (non-hydrogen) atoms. The number of imidazole rings is 1. The van der Waals surface area contributed by atoms with E-state index in [9.17, 15) is 13.0 Å². The summed E-state index contributed by atoms with van der Waals surface area (Å²) in [5.41, 5.74) is 2.10. The summed E-state index contributed by atoms with van der Waals surface area (Å²) in [5, 5.41) is 0. The zero-order valence-corrected chi connectivity index (χ0v) is 13.8. The Hall–Kier alpha value is -2.70. The van der Waals surface area contributed by atoms with Gasteiger partial charge in [0.25, 0.3) is 0 Å². The Morgan fingerprint density at radius 1 is 1.08 bits per heavy atom. The quantitative estimate of drug-likeness (QED) is 0.585. The number of rotatable bonds is 4. The van der Waals surface area contributed by atoms with Crippen molar-refractivity contribution in [2.45, 2.75) is 11.4 Å². The van der Waals surface area contributed by atoms with Gasteiger partial charge in [0.15, 0.2) is 0 Å². The lowest BCUT2D eigenvalue weighted by molar-refractivity contribution is -0.687. The summed E-state index contributed by atoms with van der Waals surface area (Å²) in [6, 6.07) is 16.0. The number of aromatic amines is 1. The summed E-state index contributed by atoms with van der Waals surface area (Å²) in [5.74, 6) is 0. The van der Waals surface area contributed by atoms with Crippen molar-refractivity contribution in [2.75, 3.05) is 0 Å². The molecule has 1 aromatic heterocycles. The van der Waals surface area contributed by atoms with Crippen molar-refractivity contribution in [3.05, 3.63) is 91.0 Å². The molecule has 0 aliphatic rings. The van der Waals surface area contributed by atoms with Gasteiger partial charge in [0, 0.05) is 0 Å². The highest BCUT2D eigenvalue weighted by molar-refractivity contribution is 7.85. The molecule has 3 rings (SSSR count). The SMILES string of the molecule is C=Cc1ccc(S(=O)(=O)[O-])cc1.c1ccc(C[n+]2cc[nH]c2)cc1. The minimum Gasteiger partial charge on any atom is -0.744 e. The van der Waals surface area contributed by atoms with Gasteiger partial charge < -0.3 is 4.55 Å². The van der Waals surface area contributed by atoms with Gasteiger partial charge in [-0.05, 0) is 23.3 Å². The summed E-state index contributed by atoms with van der Waals surface area (Å²) in [6.07, 6.45) is 7.46. The highest BCUT2D eigenvalue weighted by atomic mass is 32.2. The molecule has 0 aliphatic heterocycles. The first-order chi connectivity index (χ1) is 11.5. The summed E-state index contributed by atoms with van der Waals surface area (Å²) in [6.45, 7) is 4.43. The molecule has 0 atom stereocenters. The lowest BCUT2D eigenvalue weighted by Crippen LogP contribution is -2.30. The molecule has 2 aromatic carbocycles. The van der Waals surface area contributed by atoms with Crippen LogP contribution in [0.4, 0.5) is 0 Å². The van der Waals surface area contributed by atoms with Crippen LogP contribution in [0.1, 0.15) is 11.1 Å². The number of H-pyrrole nitrogens is 1. The van der Waals surface area contributed by atoms with Crippen LogP contribution in [-0.4, -0.2) is 18.0 Å². The fourth-order valence-corrected chi connectivity index (χ4v) is 2.45. The van der Waals surface area contributed by atoms with Crippen LogP contribution in [0.5, 0.6) is 0 Å². The maximum atomic E-state index is 10.5. The first-order valence-electron chi connectivity index (χ1n) is 7.23. The van der Waals surface area contributed by atoms with Crippen LogP contribution >= 0.6 is 0 Å². The van der Waals surface area contributed by atoms with Gasteiger partial charge in [-0.3, -0.25) is 4.98 Å². The number of benzene rings is 2. The van der Waals surface area contributed by atoms with Gasteiger partial charge in [0.05, 0.1) is 4.90 Å². The van der Waals surface area contributed by atoms with Crippen LogP contribution in [0.3, 0.4) is 0 Å². The Bertz CT molecular complexity index is 856. The first-order valence-corrected chi connectivity index (χ1v) is 8.64. The number of nitrogens with one attached hydrogen (secondary N) is 1. The van der Waals surface area contributed by atoms with E-state index in [4.69, 9.17) is 0 Å². The van der Waals surface area contributed by atoms with Gasteiger partial charge >= 0.3 is 0 Å². The van der Waals surface area contributed by atoms with Crippen LogP contribution in [0, 0.1) is 0 Å². The molecule has 3 aromatic rings. The second-order valence-corrected chi connectivity index (χ2v) is 6.38. The smallest absolute Gasteiger partial charge is 0.241 e. The van der Waals surface area contributed by atoms with Gasteiger partial charge in [-0.1, -0.05) is 55.1 Å². The van der Waals surface area contributed by atoms with Gasteiger partial charge in [-0.2, -0.15) is 0 Å². The highest BCUT2D eigenvalue weighted by Crippen LogP contribution is 2.10. The summed E-state index contributed by atoms with van der Waals surface area (Å²) in [7, 11) is -4.31. The van der Waals surface area contributed by atoms with Gasteiger partial charge in [-0.25, -0.2) is 13.0 Å². The minimum atomic E-state index is -4.31. The molecule has 0 saturated carbocycles. The molecule has 0 saturated heterocycles. The summed E-state index contributed by atoms with van der Waals surface area (Å²) >= 11 is 0. The van der Waals surface area contributed by atoms with Crippen molar-refractivity contribution >= 4 is 16.2 Å². The van der Waals surface area contributed by atoms with Crippen molar-refractivity contribution in [1.82, 2.24) is 4.98 Å². The highest BCUT2D eigenvalue weighted by Gasteiger charge is 1.98. The summed E-state index contributed by atoms with van der Waals surface area (Å²) < 4.78 is 33.5.